The number of rotatable bonds is 8. The summed E-state index contributed by atoms with van der Waals surface area (Å²) in [6.07, 6.45) is 14.7. The first kappa shape index (κ1) is 11.5. The lowest BCUT2D eigenvalue weighted by Crippen LogP contribution is -2.13. The van der Waals surface area contributed by atoms with E-state index >= 15 is 0 Å². The first-order chi connectivity index (χ1) is 6.93. The predicted octanol–water partition coefficient (Wildman–Crippen LogP) is 3.43. The van der Waals surface area contributed by atoms with Crippen LogP contribution in [0.2, 0.25) is 0 Å². The van der Waals surface area contributed by atoms with Crippen molar-refractivity contribution in [2.24, 2.45) is 0 Å². The maximum absolute atomic E-state index is 3.36. The van der Waals surface area contributed by atoms with Crippen LogP contribution in [-0.4, -0.2) is 13.1 Å². The Morgan fingerprint density at radius 3 is 2.79 bits per heavy atom. The molecule has 0 amide bonds. The standard InChI is InChI=1S/C13H23N/c1-2-14-12-8-4-3-5-9-13-10-6-7-11-13/h6-7,10,14H,2-5,8-9,11-12H2,1H3. The van der Waals surface area contributed by atoms with Crippen LogP contribution in [-0.2, 0) is 0 Å². The summed E-state index contributed by atoms with van der Waals surface area (Å²) < 4.78 is 0. The normalized spacial score (nSPS) is 14.8. The molecule has 0 aromatic carbocycles. The van der Waals surface area contributed by atoms with Crippen molar-refractivity contribution < 1.29 is 0 Å². The second-order valence-corrected chi connectivity index (χ2v) is 3.97. The van der Waals surface area contributed by atoms with Crippen molar-refractivity contribution in [3.8, 4) is 0 Å². The molecule has 0 spiro atoms. The van der Waals surface area contributed by atoms with E-state index in [1.54, 1.807) is 5.57 Å². The lowest BCUT2D eigenvalue weighted by molar-refractivity contribution is 0.596. The van der Waals surface area contributed by atoms with Gasteiger partial charge in [0.15, 0.2) is 0 Å². The van der Waals surface area contributed by atoms with Crippen LogP contribution in [0, 0.1) is 0 Å². The topological polar surface area (TPSA) is 12.0 Å². The van der Waals surface area contributed by atoms with Gasteiger partial charge < -0.3 is 5.32 Å². The summed E-state index contributed by atoms with van der Waals surface area (Å²) in [6, 6.07) is 0. The highest BCUT2D eigenvalue weighted by molar-refractivity contribution is 5.22. The summed E-state index contributed by atoms with van der Waals surface area (Å²) in [5, 5.41) is 3.36. The van der Waals surface area contributed by atoms with Crippen molar-refractivity contribution in [3.63, 3.8) is 0 Å². The minimum absolute atomic E-state index is 1.11. The maximum Gasteiger partial charge on any atom is -0.00490 e. The van der Waals surface area contributed by atoms with E-state index in [-0.39, 0.29) is 0 Å². The molecule has 1 heteroatoms. The molecule has 0 bridgehead atoms. The van der Waals surface area contributed by atoms with E-state index < -0.39 is 0 Å². The Hall–Kier alpha value is -0.560. The molecule has 0 unspecified atom stereocenters. The molecule has 0 heterocycles. The third-order valence-electron chi connectivity index (χ3n) is 2.70. The highest BCUT2D eigenvalue weighted by Gasteiger charge is 1.98. The van der Waals surface area contributed by atoms with Crippen molar-refractivity contribution in [1.29, 1.82) is 0 Å². The molecule has 0 aromatic heterocycles. The average molecular weight is 193 g/mol. The summed E-state index contributed by atoms with van der Waals surface area (Å²) in [7, 11) is 0. The van der Waals surface area contributed by atoms with Gasteiger partial charge in [0.05, 0.1) is 0 Å². The van der Waals surface area contributed by atoms with E-state index in [1.807, 2.05) is 0 Å². The van der Waals surface area contributed by atoms with Gasteiger partial charge >= 0.3 is 0 Å². The zero-order valence-electron chi connectivity index (χ0n) is 9.39. The molecular weight excluding hydrogens is 170 g/mol. The molecule has 0 aromatic rings. The maximum atomic E-state index is 3.36. The molecule has 80 valence electrons. The van der Waals surface area contributed by atoms with E-state index in [0.717, 1.165) is 6.54 Å². The van der Waals surface area contributed by atoms with Crippen LogP contribution < -0.4 is 5.32 Å². The molecule has 0 radical (unpaired) electrons. The van der Waals surface area contributed by atoms with Crippen LogP contribution in [0.3, 0.4) is 0 Å². The van der Waals surface area contributed by atoms with E-state index in [1.165, 1.54) is 45.1 Å². The Kier molecular flexibility index (Phi) is 6.42. The Morgan fingerprint density at radius 1 is 1.21 bits per heavy atom. The highest BCUT2D eigenvalue weighted by Crippen LogP contribution is 2.17. The van der Waals surface area contributed by atoms with Crippen LogP contribution >= 0.6 is 0 Å². The molecule has 1 aliphatic rings. The van der Waals surface area contributed by atoms with Gasteiger partial charge in [-0.05, 0) is 38.8 Å². The van der Waals surface area contributed by atoms with Gasteiger partial charge in [0.25, 0.3) is 0 Å². The number of unbranched alkanes of at least 4 members (excludes halogenated alkanes) is 3. The van der Waals surface area contributed by atoms with E-state index in [0.29, 0.717) is 0 Å². The molecule has 1 aliphatic carbocycles. The molecule has 1 rings (SSSR count). The predicted molar refractivity (Wildman–Crippen MR) is 63.5 cm³/mol. The van der Waals surface area contributed by atoms with Gasteiger partial charge in [0, 0.05) is 0 Å². The highest BCUT2D eigenvalue weighted by atomic mass is 14.8. The number of hydrogen-bond donors (Lipinski definition) is 1. The van der Waals surface area contributed by atoms with Crippen LogP contribution in [0.25, 0.3) is 0 Å². The van der Waals surface area contributed by atoms with Gasteiger partial charge in [-0.25, -0.2) is 0 Å². The molecule has 0 saturated carbocycles. The SMILES string of the molecule is CCNCCCCCCC1=CC=CC1. The fourth-order valence-corrected chi connectivity index (χ4v) is 1.81. The van der Waals surface area contributed by atoms with Gasteiger partial charge in [-0.2, -0.15) is 0 Å². The summed E-state index contributed by atoms with van der Waals surface area (Å²) in [6.45, 7) is 4.47. The first-order valence-corrected chi connectivity index (χ1v) is 5.98. The third kappa shape index (κ3) is 5.23. The summed E-state index contributed by atoms with van der Waals surface area (Å²) in [4.78, 5) is 0. The fraction of sp³-hybridized carbons (Fsp3) is 0.692. The molecule has 1 nitrogen and oxygen atoms in total. The average Bonchev–Trinajstić information content (AvgIpc) is 2.69. The lowest BCUT2D eigenvalue weighted by Gasteiger charge is -2.03. The largest absolute Gasteiger partial charge is 0.317 e. The van der Waals surface area contributed by atoms with Crippen molar-refractivity contribution in [2.45, 2.75) is 45.4 Å². The van der Waals surface area contributed by atoms with Gasteiger partial charge in [-0.15, -0.1) is 0 Å². The smallest absolute Gasteiger partial charge is 0.00490 e. The van der Waals surface area contributed by atoms with E-state index in [4.69, 9.17) is 0 Å². The summed E-state index contributed by atoms with van der Waals surface area (Å²) in [5.74, 6) is 0. The Balaban J connectivity index is 1.80. The minimum Gasteiger partial charge on any atom is -0.317 e. The van der Waals surface area contributed by atoms with Crippen LogP contribution in [0.1, 0.15) is 45.4 Å². The number of hydrogen-bond acceptors (Lipinski definition) is 1. The second-order valence-electron chi connectivity index (χ2n) is 3.97. The van der Waals surface area contributed by atoms with Gasteiger partial charge in [0.1, 0.15) is 0 Å². The Bertz CT molecular complexity index is 191. The zero-order chi connectivity index (χ0) is 10.1. The quantitative estimate of drug-likeness (QED) is 0.582. The monoisotopic (exact) mass is 193 g/mol. The molecule has 0 fully saturated rings. The third-order valence-corrected chi connectivity index (χ3v) is 2.70. The van der Waals surface area contributed by atoms with Gasteiger partial charge in [0.2, 0.25) is 0 Å². The van der Waals surface area contributed by atoms with Crippen molar-refractivity contribution in [2.75, 3.05) is 13.1 Å². The summed E-state index contributed by atoms with van der Waals surface area (Å²) in [5.41, 5.74) is 1.62. The molecule has 1 N–H and O–H groups in total. The van der Waals surface area contributed by atoms with E-state index in [9.17, 15) is 0 Å². The number of nitrogens with one attached hydrogen (secondary N) is 1. The Morgan fingerprint density at radius 2 is 2.07 bits per heavy atom. The fourth-order valence-electron chi connectivity index (χ4n) is 1.81. The lowest BCUT2D eigenvalue weighted by atomic mass is 10.1. The molecule has 0 saturated heterocycles. The van der Waals surface area contributed by atoms with Crippen LogP contribution in [0.15, 0.2) is 23.8 Å². The zero-order valence-corrected chi connectivity index (χ0v) is 9.39. The number of allylic oxidation sites excluding steroid dienone is 4. The second kappa shape index (κ2) is 7.81. The Labute approximate surface area is 88.3 Å². The van der Waals surface area contributed by atoms with Gasteiger partial charge in [-0.1, -0.05) is 43.6 Å². The van der Waals surface area contributed by atoms with Crippen LogP contribution in [0.4, 0.5) is 0 Å². The molecule has 0 aliphatic heterocycles. The van der Waals surface area contributed by atoms with Crippen molar-refractivity contribution in [1.82, 2.24) is 5.32 Å². The van der Waals surface area contributed by atoms with Crippen molar-refractivity contribution >= 4 is 0 Å². The molecule has 14 heavy (non-hydrogen) atoms. The van der Waals surface area contributed by atoms with E-state index in [2.05, 4.69) is 30.5 Å². The molecular formula is C13H23N. The first-order valence-electron chi connectivity index (χ1n) is 5.98. The minimum atomic E-state index is 1.11. The van der Waals surface area contributed by atoms with Crippen LogP contribution in [0.5, 0.6) is 0 Å². The molecule has 0 atom stereocenters. The van der Waals surface area contributed by atoms with Crippen molar-refractivity contribution in [3.05, 3.63) is 23.8 Å². The van der Waals surface area contributed by atoms with Gasteiger partial charge in [-0.3, -0.25) is 0 Å². The summed E-state index contributed by atoms with van der Waals surface area (Å²) >= 11 is 0.